The Kier molecular flexibility index (Phi) is 6.67. The molecule has 0 spiro atoms. The number of aromatic nitrogens is 1. The van der Waals surface area contributed by atoms with Crippen LogP contribution >= 0.6 is 11.8 Å². The number of hydrogen-bond donors (Lipinski definition) is 1. The Morgan fingerprint density at radius 2 is 2.00 bits per heavy atom. The summed E-state index contributed by atoms with van der Waals surface area (Å²) in [6.07, 6.45) is 5.13. The highest BCUT2D eigenvalue weighted by atomic mass is 32.2. The molecule has 1 N–H and O–H groups in total. The van der Waals surface area contributed by atoms with Crippen molar-refractivity contribution in [2.45, 2.75) is 76.3 Å². The molecule has 1 aromatic heterocycles. The third-order valence-electron chi connectivity index (χ3n) is 5.35. The Bertz CT molecular complexity index is 852. The van der Waals surface area contributed by atoms with Crippen molar-refractivity contribution in [3.63, 3.8) is 0 Å². The van der Waals surface area contributed by atoms with Crippen molar-refractivity contribution in [1.82, 2.24) is 4.98 Å². The van der Waals surface area contributed by atoms with E-state index in [1.807, 2.05) is 17.8 Å². The van der Waals surface area contributed by atoms with E-state index in [1.54, 1.807) is 0 Å². The van der Waals surface area contributed by atoms with Gasteiger partial charge in [-0.25, -0.2) is 4.98 Å². The van der Waals surface area contributed by atoms with E-state index in [0.29, 0.717) is 0 Å². The number of nitrogens with one attached hydrogen (secondary N) is 1. The van der Waals surface area contributed by atoms with Crippen molar-refractivity contribution in [3.05, 3.63) is 58.3 Å². The lowest BCUT2D eigenvalue weighted by Gasteiger charge is -2.33. The standard InChI is InChI=1S/C24H31N3S/c1-5-6-12-22-21-16-28-24(3,4)14-19(21)20(15-25)23(27-22)26-17(2)13-18-10-8-7-9-11-18/h7-11,17H,5-6,12-14,16H2,1-4H3,(H,26,27). The van der Waals surface area contributed by atoms with Gasteiger partial charge < -0.3 is 5.32 Å². The third-order valence-corrected chi connectivity index (χ3v) is 6.71. The largest absolute Gasteiger partial charge is 0.366 e. The summed E-state index contributed by atoms with van der Waals surface area (Å²) in [6, 6.07) is 13.2. The van der Waals surface area contributed by atoms with Gasteiger partial charge in [0.1, 0.15) is 11.9 Å². The number of hydrogen-bond acceptors (Lipinski definition) is 4. The SMILES string of the molecule is CCCCc1nc(NC(C)Cc2ccccc2)c(C#N)c2c1CSC(C)(C)C2. The molecule has 0 saturated heterocycles. The van der Waals surface area contributed by atoms with Gasteiger partial charge >= 0.3 is 0 Å². The summed E-state index contributed by atoms with van der Waals surface area (Å²) in [4.78, 5) is 4.98. The number of nitrogens with zero attached hydrogens (tertiary/aromatic N) is 2. The topological polar surface area (TPSA) is 48.7 Å². The monoisotopic (exact) mass is 393 g/mol. The fraction of sp³-hybridized carbons (Fsp3) is 0.500. The fourth-order valence-electron chi connectivity index (χ4n) is 3.86. The van der Waals surface area contributed by atoms with Crippen molar-refractivity contribution in [2.75, 3.05) is 5.32 Å². The maximum absolute atomic E-state index is 9.98. The van der Waals surface area contributed by atoms with E-state index < -0.39 is 0 Å². The molecule has 0 saturated carbocycles. The molecule has 148 valence electrons. The molecular weight excluding hydrogens is 362 g/mol. The molecular formula is C24H31N3S. The molecule has 4 heteroatoms. The van der Waals surface area contributed by atoms with Crippen LogP contribution in [-0.2, 0) is 25.0 Å². The van der Waals surface area contributed by atoms with E-state index in [1.165, 1.54) is 22.4 Å². The molecule has 0 radical (unpaired) electrons. The first-order valence-electron chi connectivity index (χ1n) is 10.3. The van der Waals surface area contributed by atoms with Crippen LogP contribution < -0.4 is 5.32 Å². The quantitative estimate of drug-likeness (QED) is 0.635. The van der Waals surface area contributed by atoms with E-state index >= 15 is 0 Å². The van der Waals surface area contributed by atoms with Gasteiger partial charge in [0.2, 0.25) is 0 Å². The second kappa shape index (κ2) is 9.01. The number of thioether (sulfide) groups is 1. The van der Waals surface area contributed by atoms with Crippen LogP contribution in [-0.4, -0.2) is 15.8 Å². The molecule has 28 heavy (non-hydrogen) atoms. The van der Waals surface area contributed by atoms with E-state index in [9.17, 15) is 5.26 Å². The van der Waals surface area contributed by atoms with Gasteiger partial charge in [-0.3, -0.25) is 0 Å². The third kappa shape index (κ3) is 4.89. The summed E-state index contributed by atoms with van der Waals surface area (Å²) in [7, 11) is 0. The summed E-state index contributed by atoms with van der Waals surface area (Å²) in [5, 5.41) is 13.5. The predicted molar refractivity (Wildman–Crippen MR) is 120 cm³/mol. The van der Waals surface area contributed by atoms with Gasteiger partial charge in [-0.1, -0.05) is 57.5 Å². The lowest BCUT2D eigenvalue weighted by molar-refractivity contribution is 0.681. The highest BCUT2D eigenvalue weighted by Crippen LogP contribution is 2.42. The number of aryl methyl sites for hydroxylation is 1. The summed E-state index contributed by atoms with van der Waals surface area (Å²) in [5.74, 6) is 1.74. The Labute approximate surface area is 174 Å². The Morgan fingerprint density at radius 3 is 2.68 bits per heavy atom. The highest BCUT2D eigenvalue weighted by molar-refractivity contribution is 7.99. The first-order chi connectivity index (χ1) is 13.4. The normalized spacial score (nSPS) is 16.1. The molecule has 0 aliphatic carbocycles. The maximum atomic E-state index is 9.98. The van der Waals surface area contributed by atoms with Crippen LogP contribution in [0.1, 0.15) is 68.5 Å². The summed E-state index contributed by atoms with van der Waals surface area (Å²) in [5.41, 5.74) is 5.77. The van der Waals surface area contributed by atoms with E-state index in [0.717, 1.165) is 49.2 Å². The van der Waals surface area contributed by atoms with E-state index in [4.69, 9.17) is 4.98 Å². The van der Waals surface area contributed by atoms with Gasteiger partial charge in [-0.05, 0) is 49.3 Å². The molecule has 2 aromatic rings. The molecule has 1 unspecified atom stereocenters. The Hall–Kier alpha value is -1.99. The molecule has 1 aliphatic rings. The van der Waals surface area contributed by atoms with Crippen LogP contribution in [0, 0.1) is 11.3 Å². The molecule has 1 aromatic carbocycles. The highest BCUT2D eigenvalue weighted by Gasteiger charge is 2.31. The first-order valence-corrected chi connectivity index (χ1v) is 11.3. The van der Waals surface area contributed by atoms with Crippen LogP contribution in [0.5, 0.6) is 0 Å². The summed E-state index contributed by atoms with van der Waals surface area (Å²) in [6.45, 7) is 8.94. The van der Waals surface area contributed by atoms with Crippen LogP contribution in [0.2, 0.25) is 0 Å². The van der Waals surface area contributed by atoms with Gasteiger partial charge in [0.15, 0.2) is 0 Å². The van der Waals surface area contributed by atoms with Gasteiger partial charge in [-0.2, -0.15) is 17.0 Å². The summed E-state index contributed by atoms with van der Waals surface area (Å²) < 4.78 is 0.162. The van der Waals surface area contributed by atoms with Crippen LogP contribution in [0.15, 0.2) is 30.3 Å². The average Bonchev–Trinajstić information content (AvgIpc) is 2.66. The maximum Gasteiger partial charge on any atom is 0.144 e. The van der Waals surface area contributed by atoms with Crippen molar-refractivity contribution in [2.24, 2.45) is 0 Å². The number of benzene rings is 1. The molecule has 3 nitrogen and oxygen atoms in total. The van der Waals surface area contributed by atoms with Crippen LogP contribution in [0.3, 0.4) is 0 Å². The van der Waals surface area contributed by atoms with E-state index in [2.05, 4.69) is 63.3 Å². The van der Waals surface area contributed by atoms with Gasteiger partial charge in [0.05, 0.1) is 5.56 Å². The Morgan fingerprint density at radius 1 is 1.25 bits per heavy atom. The number of anilines is 1. The minimum absolute atomic E-state index is 0.162. The van der Waals surface area contributed by atoms with Crippen molar-refractivity contribution >= 4 is 17.6 Å². The molecule has 0 amide bonds. The molecule has 1 atom stereocenters. The fourth-order valence-corrected chi connectivity index (χ4v) is 4.99. The smallest absolute Gasteiger partial charge is 0.144 e. The second-order valence-electron chi connectivity index (χ2n) is 8.41. The number of nitriles is 1. The molecule has 2 heterocycles. The van der Waals surface area contributed by atoms with Crippen molar-refractivity contribution in [3.8, 4) is 6.07 Å². The van der Waals surface area contributed by atoms with E-state index in [-0.39, 0.29) is 10.8 Å². The lowest BCUT2D eigenvalue weighted by Crippen LogP contribution is -2.28. The minimum atomic E-state index is 0.162. The number of fused-ring (bicyclic) bond motifs is 1. The van der Waals surface area contributed by atoms with Crippen molar-refractivity contribution in [1.29, 1.82) is 5.26 Å². The molecule has 0 bridgehead atoms. The van der Waals surface area contributed by atoms with Crippen LogP contribution in [0.4, 0.5) is 5.82 Å². The second-order valence-corrected chi connectivity index (χ2v) is 10.1. The first kappa shape index (κ1) is 20.7. The summed E-state index contributed by atoms with van der Waals surface area (Å²) >= 11 is 1.98. The zero-order valence-corrected chi connectivity index (χ0v) is 18.3. The zero-order chi connectivity index (χ0) is 20.1. The molecule has 1 aliphatic heterocycles. The number of pyridine rings is 1. The van der Waals surface area contributed by atoms with Gasteiger partial charge in [0.25, 0.3) is 0 Å². The number of unbranched alkanes of at least 4 members (excludes halogenated alkanes) is 1. The van der Waals surface area contributed by atoms with Gasteiger partial charge in [0, 0.05) is 22.2 Å². The van der Waals surface area contributed by atoms with Gasteiger partial charge in [-0.15, -0.1) is 0 Å². The zero-order valence-electron chi connectivity index (χ0n) is 17.5. The Balaban J connectivity index is 1.94. The van der Waals surface area contributed by atoms with Crippen molar-refractivity contribution < 1.29 is 0 Å². The lowest BCUT2D eigenvalue weighted by atomic mass is 9.91. The average molecular weight is 394 g/mol. The molecule has 3 rings (SSSR count). The number of rotatable bonds is 7. The minimum Gasteiger partial charge on any atom is -0.366 e. The molecule has 0 fully saturated rings. The predicted octanol–water partition coefficient (Wildman–Crippen LogP) is 5.91. The van der Waals surface area contributed by atoms with Crippen LogP contribution in [0.25, 0.3) is 0 Å².